The predicted molar refractivity (Wildman–Crippen MR) is 141 cm³/mol. The van der Waals surface area contributed by atoms with Gasteiger partial charge in [0.25, 0.3) is 15.9 Å². The van der Waals surface area contributed by atoms with Crippen molar-refractivity contribution >= 4 is 21.6 Å². The standard InChI is InChI=1S/C28H30N2O3S/c1-8-10-12-20(4)23(7)25(11-9-2)29-28(31)24-16-15-22(6)27(18-24)34(32,33)30-26-17-19(3)13-14-21(26)5/h8-18,30H,1-2,4,7H2,3,5-6H3,(H,29,31)/b12-10-,25-11+. The Morgan fingerprint density at radius 1 is 0.941 bits per heavy atom. The minimum absolute atomic E-state index is 0.0208. The van der Waals surface area contributed by atoms with Crippen LogP contribution in [-0.2, 0) is 10.0 Å². The van der Waals surface area contributed by atoms with E-state index in [0.29, 0.717) is 28.1 Å². The van der Waals surface area contributed by atoms with Crippen molar-refractivity contribution in [1.82, 2.24) is 5.32 Å². The van der Waals surface area contributed by atoms with E-state index in [1.165, 1.54) is 12.1 Å². The minimum atomic E-state index is -3.93. The largest absolute Gasteiger partial charge is 0.321 e. The SMILES string of the molecule is C=C/C=C\C(=C)C(=C)/C(=C\C=C)NC(=O)c1ccc(C)c(S(=O)(=O)Nc2cc(C)ccc2C)c1. The van der Waals surface area contributed by atoms with Gasteiger partial charge in [0.05, 0.1) is 10.6 Å². The summed E-state index contributed by atoms with van der Waals surface area (Å²) in [5, 5.41) is 2.77. The molecule has 6 heteroatoms. The average molecular weight is 475 g/mol. The number of aryl methyl sites for hydroxylation is 3. The minimum Gasteiger partial charge on any atom is -0.321 e. The molecule has 0 saturated heterocycles. The lowest BCUT2D eigenvalue weighted by Crippen LogP contribution is -2.24. The van der Waals surface area contributed by atoms with Gasteiger partial charge in [-0.1, -0.05) is 68.8 Å². The predicted octanol–water partition coefficient (Wildman–Crippen LogP) is 6.07. The van der Waals surface area contributed by atoms with Crippen LogP contribution in [0.3, 0.4) is 0 Å². The van der Waals surface area contributed by atoms with Gasteiger partial charge in [0.2, 0.25) is 0 Å². The molecule has 2 aromatic carbocycles. The second-order valence-corrected chi connectivity index (χ2v) is 9.42. The van der Waals surface area contributed by atoms with Gasteiger partial charge in [-0.25, -0.2) is 8.42 Å². The number of hydrogen-bond donors (Lipinski definition) is 2. The molecule has 0 radical (unpaired) electrons. The van der Waals surface area contributed by atoms with Crippen molar-refractivity contribution in [2.75, 3.05) is 4.72 Å². The maximum Gasteiger partial charge on any atom is 0.262 e. The Hall–Kier alpha value is -3.90. The quantitative estimate of drug-likeness (QED) is 0.411. The number of rotatable bonds is 10. The number of anilines is 1. The normalized spacial score (nSPS) is 11.7. The maximum absolute atomic E-state index is 13.2. The fourth-order valence-electron chi connectivity index (χ4n) is 3.06. The summed E-state index contributed by atoms with van der Waals surface area (Å²) in [6, 6.07) is 10.1. The zero-order chi connectivity index (χ0) is 25.5. The monoisotopic (exact) mass is 474 g/mol. The molecule has 5 nitrogen and oxygen atoms in total. The molecular weight excluding hydrogens is 444 g/mol. The Bertz CT molecular complexity index is 1330. The zero-order valence-electron chi connectivity index (χ0n) is 19.8. The van der Waals surface area contributed by atoms with E-state index >= 15 is 0 Å². The smallest absolute Gasteiger partial charge is 0.262 e. The molecule has 2 aromatic rings. The van der Waals surface area contributed by atoms with Gasteiger partial charge in [-0.05, 0) is 72.9 Å². The van der Waals surface area contributed by atoms with E-state index in [1.54, 1.807) is 49.4 Å². The van der Waals surface area contributed by atoms with Crippen LogP contribution < -0.4 is 10.0 Å². The van der Waals surface area contributed by atoms with Crippen LogP contribution in [0.1, 0.15) is 27.0 Å². The number of carbonyl (C=O) groups is 1. The van der Waals surface area contributed by atoms with Crippen molar-refractivity contribution in [2.24, 2.45) is 0 Å². The van der Waals surface area contributed by atoms with Crippen LogP contribution in [0, 0.1) is 20.8 Å². The summed E-state index contributed by atoms with van der Waals surface area (Å²) in [4.78, 5) is 13.0. The van der Waals surface area contributed by atoms with Crippen LogP contribution in [0.15, 0.2) is 115 Å². The molecule has 0 atom stereocenters. The lowest BCUT2D eigenvalue weighted by molar-refractivity contribution is 0.0966. The van der Waals surface area contributed by atoms with E-state index in [4.69, 9.17) is 0 Å². The molecule has 0 unspecified atom stereocenters. The van der Waals surface area contributed by atoms with E-state index in [0.717, 1.165) is 11.1 Å². The molecule has 0 aliphatic heterocycles. The Morgan fingerprint density at radius 2 is 1.62 bits per heavy atom. The molecule has 34 heavy (non-hydrogen) atoms. The molecule has 0 aromatic heterocycles. The van der Waals surface area contributed by atoms with Crippen molar-refractivity contribution in [2.45, 2.75) is 25.7 Å². The van der Waals surface area contributed by atoms with Gasteiger partial charge in [-0.15, -0.1) is 0 Å². The van der Waals surface area contributed by atoms with Crippen LogP contribution >= 0.6 is 0 Å². The van der Waals surface area contributed by atoms with Crippen molar-refractivity contribution in [3.8, 4) is 0 Å². The summed E-state index contributed by atoms with van der Waals surface area (Å²) in [6.45, 7) is 20.6. The Labute approximate surface area is 202 Å². The molecule has 0 aliphatic carbocycles. The second-order valence-electron chi connectivity index (χ2n) is 7.77. The lowest BCUT2D eigenvalue weighted by atomic mass is 10.0. The summed E-state index contributed by atoms with van der Waals surface area (Å²) in [5.41, 5.74) is 4.39. The van der Waals surface area contributed by atoms with E-state index in [2.05, 4.69) is 36.4 Å². The van der Waals surface area contributed by atoms with Gasteiger partial charge in [-0.3, -0.25) is 9.52 Å². The van der Waals surface area contributed by atoms with Gasteiger partial charge in [0, 0.05) is 11.3 Å². The molecule has 2 rings (SSSR count). The molecule has 0 bridgehead atoms. The molecule has 0 saturated carbocycles. The molecule has 0 fully saturated rings. The summed E-state index contributed by atoms with van der Waals surface area (Å²) in [7, 11) is -3.93. The summed E-state index contributed by atoms with van der Waals surface area (Å²) < 4.78 is 29.0. The van der Waals surface area contributed by atoms with Crippen LogP contribution in [-0.4, -0.2) is 14.3 Å². The average Bonchev–Trinajstić information content (AvgIpc) is 2.78. The van der Waals surface area contributed by atoms with Crippen LogP contribution in [0.5, 0.6) is 0 Å². The van der Waals surface area contributed by atoms with Crippen molar-refractivity contribution in [3.63, 3.8) is 0 Å². The van der Waals surface area contributed by atoms with Crippen LogP contribution in [0.2, 0.25) is 0 Å². The number of nitrogens with one attached hydrogen (secondary N) is 2. The van der Waals surface area contributed by atoms with Gasteiger partial charge in [0.15, 0.2) is 0 Å². The first kappa shape index (κ1) is 26.4. The summed E-state index contributed by atoms with van der Waals surface area (Å²) >= 11 is 0. The molecule has 0 heterocycles. The van der Waals surface area contributed by atoms with Gasteiger partial charge < -0.3 is 5.32 Å². The van der Waals surface area contributed by atoms with E-state index in [-0.39, 0.29) is 10.5 Å². The maximum atomic E-state index is 13.2. The third-order valence-electron chi connectivity index (χ3n) is 5.06. The molecule has 2 N–H and O–H groups in total. The number of amides is 1. The number of carbonyl (C=O) groups excluding carboxylic acids is 1. The lowest BCUT2D eigenvalue weighted by Gasteiger charge is -2.15. The Balaban J connectivity index is 2.37. The molecule has 0 aliphatic rings. The van der Waals surface area contributed by atoms with E-state index in [9.17, 15) is 13.2 Å². The first-order chi connectivity index (χ1) is 16.0. The fraction of sp³-hybridized carbons (Fsp3) is 0.107. The highest BCUT2D eigenvalue weighted by Crippen LogP contribution is 2.24. The summed E-state index contributed by atoms with van der Waals surface area (Å²) in [5.74, 6) is -0.488. The van der Waals surface area contributed by atoms with Crippen molar-refractivity contribution < 1.29 is 13.2 Å². The van der Waals surface area contributed by atoms with E-state index < -0.39 is 15.9 Å². The van der Waals surface area contributed by atoms with Crippen molar-refractivity contribution in [3.05, 3.63) is 132 Å². The number of sulfonamides is 1. The Kier molecular flexibility index (Phi) is 8.76. The number of benzene rings is 2. The van der Waals surface area contributed by atoms with Crippen LogP contribution in [0.25, 0.3) is 0 Å². The fourth-order valence-corrected chi connectivity index (χ4v) is 4.46. The third-order valence-corrected chi connectivity index (χ3v) is 6.56. The van der Waals surface area contributed by atoms with Gasteiger partial charge >= 0.3 is 0 Å². The van der Waals surface area contributed by atoms with Gasteiger partial charge in [-0.2, -0.15) is 0 Å². The molecule has 176 valence electrons. The Morgan fingerprint density at radius 3 is 2.26 bits per heavy atom. The summed E-state index contributed by atoms with van der Waals surface area (Å²) in [6.07, 6.45) is 8.15. The molecule has 0 spiro atoms. The topological polar surface area (TPSA) is 75.3 Å². The highest BCUT2D eigenvalue weighted by Gasteiger charge is 2.21. The van der Waals surface area contributed by atoms with Gasteiger partial charge in [0.1, 0.15) is 0 Å². The highest BCUT2D eigenvalue weighted by molar-refractivity contribution is 7.92. The van der Waals surface area contributed by atoms with Crippen LogP contribution in [0.4, 0.5) is 5.69 Å². The first-order valence-electron chi connectivity index (χ1n) is 10.5. The zero-order valence-corrected chi connectivity index (χ0v) is 20.6. The number of allylic oxidation sites excluding steroid dienone is 6. The van der Waals surface area contributed by atoms with E-state index in [1.807, 2.05) is 26.0 Å². The second kappa shape index (κ2) is 11.3. The number of hydrogen-bond acceptors (Lipinski definition) is 3. The first-order valence-corrected chi connectivity index (χ1v) is 12.0. The highest BCUT2D eigenvalue weighted by atomic mass is 32.2. The molecular formula is C28H30N2O3S. The third kappa shape index (κ3) is 6.56. The van der Waals surface area contributed by atoms with Crippen molar-refractivity contribution in [1.29, 1.82) is 0 Å². The molecule has 1 amide bonds.